The maximum atomic E-state index is 12.0. The summed E-state index contributed by atoms with van der Waals surface area (Å²) in [5.41, 5.74) is 10.2. The molecular weight excluding hydrogens is 340 g/mol. The molecule has 25 heavy (non-hydrogen) atoms. The maximum absolute atomic E-state index is 12.0. The van der Waals surface area contributed by atoms with Crippen LogP contribution in [0.3, 0.4) is 0 Å². The summed E-state index contributed by atoms with van der Waals surface area (Å²) < 4.78 is 5.06. The predicted molar refractivity (Wildman–Crippen MR) is 99.2 cm³/mol. The number of aromatic nitrogens is 2. The molecule has 0 radical (unpaired) electrons. The smallest absolute Gasteiger partial charge is 0.410 e. The monoisotopic (exact) mass is 362 g/mol. The number of hydrogen-bond donors (Lipinski definition) is 1. The fourth-order valence-electron chi connectivity index (χ4n) is 2.73. The first-order chi connectivity index (χ1) is 12.0. The summed E-state index contributed by atoms with van der Waals surface area (Å²) in [6.07, 6.45) is -0.358. The molecule has 0 spiro atoms. The number of nitrogens with zero attached hydrogens (tertiary/aromatic N) is 3. The van der Waals surface area contributed by atoms with Crippen LogP contribution in [0.1, 0.15) is 37.6 Å². The van der Waals surface area contributed by atoms with E-state index in [4.69, 9.17) is 22.1 Å². The van der Waals surface area contributed by atoms with Gasteiger partial charge in [-0.05, 0) is 31.5 Å². The molecule has 1 aliphatic rings. The number of nitrogens with two attached hydrogens (primary N) is 1. The van der Waals surface area contributed by atoms with Gasteiger partial charge >= 0.3 is 6.09 Å². The van der Waals surface area contributed by atoms with E-state index in [2.05, 4.69) is 9.97 Å². The zero-order chi connectivity index (χ0) is 18.6. The lowest BCUT2D eigenvalue weighted by molar-refractivity contribution is 0.106. The van der Waals surface area contributed by atoms with Gasteiger partial charge in [-0.2, -0.15) is 0 Å². The Balaban J connectivity index is 0.00000109. The summed E-state index contributed by atoms with van der Waals surface area (Å²) >= 11 is 6.03. The minimum atomic E-state index is -0.358. The van der Waals surface area contributed by atoms with E-state index in [9.17, 15) is 4.79 Å². The summed E-state index contributed by atoms with van der Waals surface area (Å²) in [6, 6.07) is 5.60. The largest absolute Gasteiger partial charge is 0.450 e. The van der Waals surface area contributed by atoms with E-state index in [1.165, 1.54) is 0 Å². The van der Waals surface area contributed by atoms with Crippen molar-refractivity contribution in [1.29, 1.82) is 0 Å². The van der Waals surface area contributed by atoms with Crippen LogP contribution < -0.4 is 5.73 Å². The fourth-order valence-corrected chi connectivity index (χ4v) is 2.96. The summed E-state index contributed by atoms with van der Waals surface area (Å²) in [5, 5.41) is 0.665. The van der Waals surface area contributed by atoms with Crippen molar-refractivity contribution in [3.05, 3.63) is 40.0 Å². The van der Waals surface area contributed by atoms with Gasteiger partial charge in [0.05, 0.1) is 31.1 Å². The standard InChI is InChI=1S/C16H17ClN4O2.C2H6/c1-3-23-16(22)21-7-12-13(8-21)19-15(18)20-14(12)11-5-4-10(17)6-9(11)2;1-2/h4-6H,3,7-8H2,1-2H3,(H2,18,19,20);1-2H3. The number of hydrogen-bond acceptors (Lipinski definition) is 5. The average Bonchev–Trinajstić information content (AvgIpc) is 3.00. The second-order valence-corrected chi connectivity index (χ2v) is 5.81. The van der Waals surface area contributed by atoms with Gasteiger partial charge in [-0.1, -0.05) is 31.5 Å². The van der Waals surface area contributed by atoms with Crippen LogP contribution in [0, 0.1) is 6.92 Å². The topological polar surface area (TPSA) is 81.3 Å². The molecule has 134 valence electrons. The lowest BCUT2D eigenvalue weighted by atomic mass is 10.0. The van der Waals surface area contributed by atoms with Crippen LogP contribution in [-0.2, 0) is 17.8 Å². The van der Waals surface area contributed by atoms with E-state index in [0.717, 1.165) is 28.1 Å². The first-order valence-corrected chi connectivity index (χ1v) is 8.71. The van der Waals surface area contributed by atoms with Gasteiger partial charge in [0.25, 0.3) is 0 Å². The molecule has 1 amide bonds. The minimum absolute atomic E-state index is 0.193. The van der Waals surface area contributed by atoms with Crippen molar-refractivity contribution in [2.24, 2.45) is 0 Å². The molecule has 1 aromatic carbocycles. The van der Waals surface area contributed by atoms with Crippen LogP contribution in [0.25, 0.3) is 11.3 Å². The molecule has 0 atom stereocenters. The van der Waals surface area contributed by atoms with Crippen LogP contribution in [0.5, 0.6) is 0 Å². The highest BCUT2D eigenvalue weighted by Crippen LogP contribution is 2.33. The predicted octanol–water partition coefficient (Wildman–Crippen LogP) is 4.19. The molecule has 0 saturated carbocycles. The Morgan fingerprint density at radius 2 is 2.04 bits per heavy atom. The molecular formula is C18H23ClN4O2. The van der Waals surface area contributed by atoms with Gasteiger partial charge in [0.15, 0.2) is 0 Å². The van der Waals surface area contributed by atoms with Crippen molar-refractivity contribution in [2.45, 2.75) is 40.8 Å². The van der Waals surface area contributed by atoms with Crippen molar-refractivity contribution in [2.75, 3.05) is 12.3 Å². The quantitative estimate of drug-likeness (QED) is 0.866. The Hall–Kier alpha value is -2.34. The number of benzene rings is 1. The van der Waals surface area contributed by atoms with E-state index < -0.39 is 0 Å². The third kappa shape index (κ3) is 4.02. The molecule has 0 fully saturated rings. The number of fused-ring (bicyclic) bond motifs is 1. The van der Waals surface area contributed by atoms with Crippen LogP contribution >= 0.6 is 11.6 Å². The van der Waals surface area contributed by atoms with Gasteiger partial charge in [0.2, 0.25) is 5.95 Å². The number of halogens is 1. The molecule has 0 bridgehead atoms. The molecule has 0 saturated heterocycles. The Morgan fingerprint density at radius 3 is 2.68 bits per heavy atom. The molecule has 2 aromatic rings. The maximum Gasteiger partial charge on any atom is 0.410 e. The van der Waals surface area contributed by atoms with Gasteiger partial charge in [-0.15, -0.1) is 0 Å². The Labute approximate surface area is 153 Å². The second kappa shape index (κ2) is 8.16. The third-order valence-corrected chi connectivity index (χ3v) is 4.00. The molecule has 7 heteroatoms. The SMILES string of the molecule is CC.CCOC(=O)N1Cc2nc(N)nc(-c3ccc(Cl)cc3C)c2C1. The third-order valence-electron chi connectivity index (χ3n) is 3.77. The lowest BCUT2D eigenvalue weighted by Crippen LogP contribution is -2.26. The first-order valence-electron chi connectivity index (χ1n) is 8.33. The highest BCUT2D eigenvalue weighted by atomic mass is 35.5. The molecule has 0 aliphatic carbocycles. The van der Waals surface area contributed by atoms with E-state index in [-0.39, 0.29) is 12.0 Å². The molecule has 2 heterocycles. The number of anilines is 1. The molecule has 3 rings (SSSR count). The van der Waals surface area contributed by atoms with Crippen LogP contribution in [0.15, 0.2) is 18.2 Å². The van der Waals surface area contributed by atoms with Gasteiger partial charge < -0.3 is 10.5 Å². The van der Waals surface area contributed by atoms with E-state index in [0.29, 0.717) is 24.7 Å². The number of nitrogen functional groups attached to an aromatic ring is 1. The van der Waals surface area contributed by atoms with Crippen molar-refractivity contribution in [1.82, 2.24) is 14.9 Å². The van der Waals surface area contributed by atoms with Crippen molar-refractivity contribution in [3.8, 4) is 11.3 Å². The number of aryl methyl sites for hydroxylation is 1. The van der Waals surface area contributed by atoms with Crippen LogP contribution in [0.4, 0.5) is 10.7 Å². The van der Waals surface area contributed by atoms with Crippen molar-refractivity contribution in [3.63, 3.8) is 0 Å². The summed E-state index contributed by atoms with van der Waals surface area (Å²) in [7, 11) is 0. The van der Waals surface area contributed by atoms with Gasteiger partial charge in [0, 0.05) is 16.1 Å². The van der Waals surface area contributed by atoms with Gasteiger partial charge in [-0.3, -0.25) is 4.90 Å². The molecule has 0 unspecified atom stereocenters. The summed E-state index contributed by atoms with van der Waals surface area (Å²) in [4.78, 5) is 22.2. The molecule has 2 N–H and O–H groups in total. The van der Waals surface area contributed by atoms with Crippen LogP contribution in [-0.4, -0.2) is 27.6 Å². The Morgan fingerprint density at radius 1 is 1.32 bits per heavy atom. The van der Waals surface area contributed by atoms with Gasteiger partial charge in [0.1, 0.15) is 0 Å². The number of rotatable bonds is 2. The fraction of sp³-hybridized carbons (Fsp3) is 0.389. The normalized spacial score (nSPS) is 12.3. The summed E-state index contributed by atoms with van der Waals surface area (Å²) in [6.45, 7) is 8.86. The second-order valence-electron chi connectivity index (χ2n) is 5.37. The zero-order valence-electron chi connectivity index (χ0n) is 15.0. The van der Waals surface area contributed by atoms with Crippen molar-refractivity contribution >= 4 is 23.6 Å². The Bertz CT molecular complexity index is 780. The number of amides is 1. The molecule has 1 aliphatic heterocycles. The van der Waals surface area contributed by atoms with E-state index >= 15 is 0 Å². The van der Waals surface area contributed by atoms with E-state index in [1.54, 1.807) is 11.8 Å². The minimum Gasteiger partial charge on any atom is -0.450 e. The summed E-state index contributed by atoms with van der Waals surface area (Å²) in [5.74, 6) is 0.193. The average molecular weight is 363 g/mol. The Kier molecular flexibility index (Phi) is 6.20. The molecule has 1 aromatic heterocycles. The highest BCUT2D eigenvalue weighted by molar-refractivity contribution is 6.30. The number of ether oxygens (including phenoxy) is 1. The van der Waals surface area contributed by atoms with Crippen molar-refractivity contribution < 1.29 is 9.53 Å². The van der Waals surface area contributed by atoms with E-state index in [1.807, 2.05) is 39.0 Å². The van der Waals surface area contributed by atoms with Gasteiger partial charge in [-0.25, -0.2) is 14.8 Å². The highest BCUT2D eigenvalue weighted by Gasteiger charge is 2.29. The molecule has 6 nitrogen and oxygen atoms in total. The van der Waals surface area contributed by atoms with Crippen LogP contribution in [0.2, 0.25) is 5.02 Å². The number of carbonyl (C=O) groups is 1. The zero-order valence-corrected chi connectivity index (χ0v) is 15.7. The number of carbonyl (C=O) groups excluding carboxylic acids is 1. The lowest BCUT2D eigenvalue weighted by Gasteiger charge is -2.14. The first kappa shape index (κ1) is 19.0.